The molecule has 0 aromatic carbocycles. The molecule has 0 bridgehead atoms. The van der Waals surface area contributed by atoms with Gasteiger partial charge in [-0.05, 0) is 90.4 Å². The van der Waals surface area contributed by atoms with Crippen LogP contribution in [0.1, 0.15) is 414 Å². The van der Waals surface area contributed by atoms with Gasteiger partial charge in [-0.25, -0.2) is 0 Å². The topological polar surface area (TPSA) is 86.7 Å². The van der Waals surface area contributed by atoms with E-state index >= 15 is 0 Å². The zero-order valence-corrected chi connectivity index (χ0v) is 57.4. The van der Waals surface area contributed by atoms with E-state index in [2.05, 4.69) is 51.3 Å². The Labute approximate surface area is 527 Å². The summed E-state index contributed by atoms with van der Waals surface area (Å²) in [5.74, 6) is -1.79. The quantitative estimate of drug-likeness (QED) is 0.0445. The molecule has 0 radical (unpaired) electrons. The molecule has 0 amide bonds. The van der Waals surface area contributed by atoms with E-state index in [-0.39, 0.29) is 50.6 Å². The molecule has 2 unspecified atom stereocenters. The fourth-order valence-corrected chi connectivity index (χ4v) is 12.1. The maximum absolute atomic E-state index is 11.1. The molecule has 0 fully saturated rings. The molecule has 0 spiro atoms. The van der Waals surface area contributed by atoms with Crippen LogP contribution < -0.4 is 10.2 Å². The van der Waals surface area contributed by atoms with Crippen molar-refractivity contribution in [1.29, 1.82) is 0 Å². The van der Waals surface area contributed by atoms with Crippen LogP contribution in [0.2, 0.25) is 0 Å². The SMILES string of the molecule is CCCCCCCCCCCCCCCN(CCCCCCCCCCCCCCC)C(CC)CCC(=O)[O-].CCCCCCCCCCCCCCCN(CCCCCCCCCCCCCCC)C(CC)CCC(=O)[O-].[Ca+2]. The molecule has 468 valence electrons. The van der Waals surface area contributed by atoms with Crippen LogP contribution in [0.3, 0.4) is 0 Å². The van der Waals surface area contributed by atoms with Crippen LogP contribution in [-0.2, 0) is 9.59 Å². The number of carbonyl (C=O) groups is 2. The summed E-state index contributed by atoms with van der Waals surface area (Å²) in [4.78, 5) is 27.4. The third-order valence-electron chi connectivity index (χ3n) is 17.5. The summed E-state index contributed by atoms with van der Waals surface area (Å²) < 4.78 is 0. The van der Waals surface area contributed by atoms with Crippen LogP contribution in [0, 0.1) is 0 Å². The Kier molecular flexibility index (Phi) is 76.3. The van der Waals surface area contributed by atoms with Crippen molar-refractivity contribution >= 4 is 49.7 Å². The molecule has 0 aromatic rings. The predicted molar refractivity (Wildman–Crippen MR) is 348 cm³/mol. The monoisotopic (exact) mass is 1140 g/mol. The summed E-state index contributed by atoms with van der Waals surface area (Å²) in [6.07, 6.45) is 76.2. The predicted octanol–water partition coefficient (Wildman–Crippen LogP) is 21.2. The Morgan fingerprint density at radius 3 is 0.519 bits per heavy atom. The van der Waals surface area contributed by atoms with Gasteiger partial charge in [0.05, 0.1) is 0 Å². The summed E-state index contributed by atoms with van der Waals surface area (Å²) >= 11 is 0. The van der Waals surface area contributed by atoms with Gasteiger partial charge in [-0.1, -0.05) is 350 Å². The number of nitrogens with zero attached hydrogens (tertiary/aromatic N) is 2. The van der Waals surface area contributed by atoms with Crippen molar-refractivity contribution in [2.75, 3.05) is 26.2 Å². The van der Waals surface area contributed by atoms with E-state index in [9.17, 15) is 19.8 Å². The van der Waals surface area contributed by atoms with Crippen molar-refractivity contribution in [1.82, 2.24) is 9.80 Å². The first-order valence-electron chi connectivity index (χ1n) is 36.2. The second kappa shape index (κ2) is 72.4. The van der Waals surface area contributed by atoms with E-state index in [4.69, 9.17) is 0 Å². The second-order valence-corrected chi connectivity index (χ2v) is 25.0. The Morgan fingerprint density at radius 2 is 0.392 bits per heavy atom. The number of aliphatic carboxylic acids is 2. The summed E-state index contributed by atoms with van der Waals surface area (Å²) in [5.41, 5.74) is 0. The first kappa shape index (κ1) is 83.3. The summed E-state index contributed by atoms with van der Waals surface area (Å²) in [7, 11) is 0. The zero-order chi connectivity index (χ0) is 57.3. The zero-order valence-electron chi connectivity index (χ0n) is 55.2. The van der Waals surface area contributed by atoms with Crippen molar-refractivity contribution in [2.45, 2.75) is 426 Å². The van der Waals surface area contributed by atoms with Gasteiger partial charge >= 0.3 is 37.7 Å². The van der Waals surface area contributed by atoms with E-state index in [1.807, 2.05) is 0 Å². The van der Waals surface area contributed by atoms with Crippen LogP contribution in [0.15, 0.2) is 0 Å². The molecule has 0 aliphatic carbocycles. The fourth-order valence-electron chi connectivity index (χ4n) is 12.1. The molecule has 0 rings (SSSR count). The van der Waals surface area contributed by atoms with Gasteiger partial charge in [-0.3, -0.25) is 0 Å². The molecule has 0 aliphatic heterocycles. The first-order valence-corrected chi connectivity index (χ1v) is 36.2. The van der Waals surface area contributed by atoms with Gasteiger partial charge in [-0.15, -0.1) is 0 Å². The van der Waals surface area contributed by atoms with Gasteiger partial charge < -0.3 is 29.6 Å². The largest absolute Gasteiger partial charge is 2.00 e. The van der Waals surface area contributed by atoms with Crippen molar-refractivity contribution in [3.8, 4) is 0 Å². The van der Waals surface area contributed by atoms with Crippen LogP contribution in [-0.4, -0.2) is 97.7 Å². The minimum absolute atomic E-state index is 0. The van der Waals surface area contributed by atoms with Crippen molar-refractivity contribution in [3.63, 3.8) is 0 Å². The summed E-state index contributed by atoms with van der Waals surface area (Å²) in [6, 6.07) is 0.801. The maximum Gasteiger partial charge on any atom is 2.00 e. The molecular weight excluding hydrogens is 997 g/mol. The Balaban J connectivity index is -0.00000144. The number of hydrogen-bond acceptors (Lipinski definition) is 6. The van der Waals surface area contributed by atoms with E-state index in [1.54, 1.807) is 0 Å². The van der Waals surface area contributed by atoms with E-state index in [0.29, 0.717) is 12.1 Å². The average molecular weight is 1140 g/mol. The van der Waals surface area contributed by atoms with Crippen LogP contribution >= 0.6 is 0 Å². The summed E-state index contributed by atoms with van der Waals surface area (Å²) in [5, 5.41) is 22.2. The van der Waals surface area contributed by atoms with Crippen molar-refractivity contribution in [3.05, 3.63) is 0 Å². The second-order valence-electron chi connectivity index (χ2n) is 25.0. The molecule has 2 atom stereocenters. The van der Waals surface area contributed by atoms with Gasteiger partial charge in [0.15, 0.2) is 0 Å². The molecule has 0 aromatic heterocycles. The number of carboxylic acids is 2. The molecule has 0 saturated carbocycles. The number of unbranched alkanes of at least 4 members (excludes halogenated alkanes) is 48. The number of hydrogen-bond donors (Lipinski definition) is 0. The third-order valence-corrected chi connectivity index (χ3v) is 17.5. The van der Waals surface area contributed by atoms with Crippen molar-refractivity contribution < 1.29 is 19.8 Å². The molecule has 0 aliphatic rings. The third kappa shape index (κ3) is 67.1. The number of carboxylic acid groups (broad SMARTS) is 2. The normalized spacial score (nSPS) is 12.3. The Morgan fingerprint density at radius 1 is 0.253 bits per heavy atom. The molecule has 7 heteroatoms. The van der Waals surface area contributed by atoms with Gasteiger partial charge in [-0.2, -0.15) is 0 Å². The molecular formula is C72H144CaN2O4. The van der Waals surface area contributed by atoms with Gasteiger partial charge in [0.2, 0.25) is 0 Å². The molecule has 0 heterocycles. The maximum atomic E-state index is 11.1. The Hall–Kier alpha value is 0.120. The van der Waals surface area contributed by atoms with E-state index < -0.39 is 11.9 Å². The molecule has 0 N–H and O–H groups in total. The van der Waals surface area contributed by atoms with E-state index in [0.717, 1.165) is 51.9 Å². The van der Waals surface area contributed by atoms with Crippen molar-refractivity contribution in [2.24, 2.45) is 0 Å². The first-order chi connectivity index (χ1) is 38.3. The van der Waals surface area contributed by atoms with Crippen LogP contribution in [0.25, 0.3) is 0 Å². The number of carbonyl (C=O) groups excluding carboxylic acids is 2. The Bertz CT molecular complexity index is 995. The van der Waals surface area contributed by atoms with Gasteiger partial charge in [0.25, 0.3) is 0 Å². The average Bonchev–Trinajstić information content (AvgIpc) is 3.43. The minimum Gasteiger partial charge on any atom is -0.550 e. The smallest absolute Gasteiger partial charge is 0.550 e. The van der Waals surface area contributed by atoms with Gasteiger partial charge in [0.1, 0.15) is 0 Å². The molecule has 0 saturated heterocycles. The van der Waals surface area contributed by atoms with E-state index in [1.165, 1.54) is 334 Å². The van der Waals surface area contributed by atoms with Gasteiger partial charge in [0, 0.05) is 24.0 Å². The molecule has 79 heavy (non-hydrogen) atoms. The molecule has 6 nitrogen and oxygen atoms in total. The standard InChI is InChI=1S/2C36H73NO2.Ca/c2*1-4-7-9-11-13-15-17-19-21-23-25-27-29-33-37(35(6-3)31-32-36(38)39)34-30-28-26-24-22-20-18-16-14-12-10-8-5-2;/h2*35H,4-34H2,1-3H3,(H,38,39);/q;;+2/p-2. The number of rotatable bonds is 66. The van der Waals surface area contributed by atoms with Crippen LogP contribution in [0.5, 0.6) is 0 Å². The fraction of sp³-hybridized carbons (Fsp3) is 0.972. The van der Waals surface area contributed by atoms with Crippen LogP contribution in [0.4, 0.5) is 0 Å². The minimum atomic E-state index is -0.893. The summed E-state index contributed by atoms with van der Waals surface area (Å²) in [6.45, 7) is 18.2.